The number of benzene rings is 2. The Hall–Kier alpha value is -1.87. The molecular weight excluding hydrogens is 314 g/mol. The van der Waals surface area contributed by atoms with Gasteiger partial charge in [-0.1, -0.05) is 52.3 Å². The van der Waals surface area contributed by atoms with Crippen LogP contribution in [0.2, 0.25) is 0 Å². The van der Waals surface area contributed by atoms with E-state index in [0.717, 1.165) is 27.4 Å². The van der Waals surface area contributed by atoms with Crippen LogP contribution in [0.1, 0.15) is 11.1 Å². The van der Waals surface area contributed by atoms with E-state index in [4.69, 9.17) is 0 Å². The highest BCUT2D eigenvalue weighted by Gasteiger charge is 2.07. The molecule has 0 saturated heterocycles. The van der Waals surface area contributed by atoms with Crippen LogP contribution in [0.5, 0.6) is 0 Å². The first-order chi connectivity index (χ1) is 9.65. The summed E-state index contributed by atoms with van der Waals surface area (Å²) in [6.07, 6.45) is 0.773. The molecule has 2 aromatic carbocycles. The maximum Gasteiger partial charge on any atom is 0.251 e. The molecule has 20 heavy (non-hydrogen) atoms. The Kier molecular flexibility index (Phi) is 3.45. The standard InChI is InChI=1S/C17H14BrNO/c1-19-16-11-14(18)7-8-15(16)13(10-17(19)20)9-12-5-3-2-4-6-12/h2-8,10-11H,9H2,1H3. The Bertz CT molecular complexity index is 822. The third-order valence-corrected chi connectivity index (χ3v) is 4.03. The summed E-state index contributed by atoms with van der Waals surface area (Å²) in [6.45, 7) is 0. The number of aryl methyl sites for hydroxylation is 1. The molecule has 3 rings (SSSR count). The summed E-state index contributed by atoms with van der Waals surface area (Å²) in [5.41, 5.74) is 3.27. The molecule has 3 heteroatoms. The van der Waals surface area contributed by atoms with Gasteiger partial charge in [0.05, 0.1) is 5.52 Å². The van der Waals surface area contributed by atoms with Crippen molar-refractivity contribution in [2.45, 2.75) is 6.42 Å². The summed E-state index contributed by atoms with van der Waals surface area (Å²) in [5, 5.41) is 1.12. The highest BCUT2D eigenvalue weighted by Crippen LogP contribution is 2.23. The van der Waals surface area contributed by atoms with Crippen molar-refractivity contribution in [1.29, 1.82) is 0 Å². The summed E-state index contributed by atoms with van der Waals surface area (Å²) >= 11 is 3.47. The van der Waals surface area contributed by atoms with E-state index in [9.17, 15) is 4.79 Å². The molecule has 0 N–H and O–H groups in total. The maximum absolute atomic E-state index is 12.1. The van der Waals surface area contributed by atoms with Gasteiger partial charge < -0.3 is 4.57 Å². The van der Waals surface area contributed by atoms with Crippen molar-refractivity contribution in [3.05, 3.63) is 80.6 Å². The van der Waals surface area contributed by atoms with Gasteiger partial charge in [-0.2, -0.15) is 0 Å². The topological polar surface area (TPSA) is 22.0 Å². The zero-order valence-corrected chi connectivity index (χ0v) is 12.7. The van der Waals surface area contributed by atoms with Gasteiger partial charge in [0.2, 0.25) is 0 Å². The zero-order chi connectivity index (χ0) is 14.1. The van der Waals surface area contributed by atoms with Crippen LogP contribution in [-0.2, 0) is 13.5 Å². The second-order valence-electron chi connectivity index (χ2n) is 4.89. The SMILES string of the molecule is Cn1c(=O)cc(Cc2ccccc2)c2ccc(Br)cc21. The average molecular weight is 328 g/mol. The molecule has 0 aliphatic heterocycles. The highest BCUT2D eigenvalue weighted by atomic mass is 79.9. The van der Waals surface area contributed by atoms with Crippen molar-refractivity contribution in [2.24, 2.45) is 7.05 Å². The molecule has 1 heterocycles. The van der Waals surface area contributed by atoms with Crippen LogP contribution in [0.3, 0.4) is 0 Å². The van der Waals surface area contributed by atoms with Gasteiger partial charge in [0.25, 0.3) is 5.56 Å². The molecule has 0 unspecified atom stereocenters. The smallest absolute Gasteiger partial charge is 0.251 e. The number of hydrogen-bond acceptors (Lipinski definition) is 1. The lowest BCUT2D eigenvalue weighted by Gasteiger charge is -2.10. The summed E-state index contributed by atoms with van der Waals surface area (Å²) in [4.78, 5) is 12.1. The Morgan fingerprint density at radius 3 is 2.55 bits per heavy atom. The lowest BCUT2D eigenvalue weighted by molar-refractivity contribution is 0.899. The first kappa shape index (κ1) is 13.1. The van der Waals surface area contributed by atoms with E-state index in [0.29, 0.717) is 0 Å². The molecule has 0 saturated carbocycles. The lowest BCUT2D eigenvalue weighted by atomic mass is 10.0. The van der Waals surface area contributed by atoms with E-state index in [-0.39, 0.29) is 5.56 Å². The largest absolute Gasteiger partial charge is 0.311 e. The summed E-state index contributed by atoms with van der Waals surface area (Å²) < 4.78 is 2.67. The average Bonchev–Trinajstić information content (AvgIpc) is 2.45. The molecule has 1 aromatic heterocycles. The van der Waals surface area contributed by atoms with Gasteiger partial charge in [-0.3, -0.25) is 4.79 Å². The molecular formula is C17H14BrNO. The maximum atomic E-state index is 12.1. The van der Waals surface area contributed by atoms with Crippen molar-refractivity contribution in [2.75, 3.05) is 0 Å². The van der Waals surface area contributed by atoms with Crippen molar-refractivity contribution in [3.8, 4) is 0 Å². The van der Waals surface area contributed by atoms with Crippen LogP contribution in [0.15, 0.2) is 63.9 Å². The minimum Gasteiger partial charge on any atom is -0.311 e. The molecule has 0 bridgehead atoms. The van der Waals surface area contributed by atoms with Crippen molar-refractivity contribution >= 4 is 26.8 Å². The molecule has 0 radical (unpaired) electrons. The van der Waals surface area contributed by atoms with Gasteiger partial charge in [0.1, 0.15) is 0 Å². The number of hydrogen-bond donors (Lipinski definition) is 0. The van der Waals surface area contributed by atoms with Gasteiger partial charge in [-0.05, 0) is 29.7 Å². The number of rotatable bonds is 2. The molecule has 0 amide bonds. The molecule has 100 valence electrons. The van der Waals surface area contributed by atoms with Gasteiger partial charge in [-0.15, -0.1) is 0 Å². The first-order valence-corrected chi connectivity index (χ1v) is 7.26. The molecule has 3 aromatic rings. The van der Waals surface area contributed by atoms with Gasteiger partial charge >= 0.3 is 0 Å². The fraction of sp³-hybridized carbons (Fsp3) is 0.118. The summed E-state index contributed by atoms with van der Waals surface area (Å²) in [5.74, 6) is 0. The molecule has 0 aliphatic rings. The molecule has 2 nitrogen and oxygen atoms in total. The van der Waals surface area contributed by atoms with Gasteiger partial charge in [-0.25, -0.2) is 0 Å². The van der Waals surface area contributed by atoms with Crippen molar-refractivity contribution in [1.82, 2.24) is 4.57 Å². The predicted molar refractivity (Wildman–Crippen MR) is 86.1 cm³/mol. The Morgan fingerprint density at radius 2 is 1.80 bits per heavy atom. The first-order valence-electron chi connectivity index (χ1n) is 6.47. The second-order valence-corrected chi connectivity index (χ2v) is 5.81. The van der Waals surface area contributed by atoms with E-state index in [1.807, 2.05) is 37.4 Å². The molecule has 0 fully saturated rings. The summed E-state index contributed by atoms with van der Waals surface area (Å²) in [6, 6.07) is 18.0. The van der Waals surface area contributed by atoms with E-state index >= 15 is 0 Å². The van der Waals surface area contributed by atoms with Crippen LogP contribution in [0.25, 0.3) is 10.9 Å². The van der Waals surface area contributed by atoms with Crippen LogP contribution >= 0.6 is 15.9 Å². The minimum atomic E-state index is 0.0292. The zero-order valence-electron chi connectivity index (χ0n) is 11.1. The highest BCUT2D eigenvalue weighted by molar-refractivity contribution is 9.10. The number of fused-ring (bicyclic) bond motifs is 1. The molecule has 0 aliphatic carbocycles. The van der Waals surface area contributed by atoms with E-state index in [1.54, 1.807) is 10.6 Å². The second kappa shape index (κ2) is 5.25. The number of halogens is 1. The van der Waals surface area contributed by atoms with Crippen LogP contribution in [-0.4, -0.2) is 4.57 Å². The Balaban J connectivity index is 2.21. The fourth-order valence-electron chi connectivity index (χ4n) is 2.46. The number of nitrogens with zero attached hydrogens (tertiary/aromatic N) is 1. The fourth-order valence-corrected chi connectivity index (χ4v) is 2.81. The monoisotopic (exact) mass is 327 g/mol. The van der Waals surface area contributed by atoms with Crippen molar-refractivity contribution in [3.63, 3.8) is 0 Å². The Morgan fingerprint density at radius 1 is 1.05 bits per heavy atom. The molecule has 0 atom stereocenters. The lowest BCUT2D eigenvalue weighted by Crippen LogP contribution is -2.17. The van der Waals surface area contributed by atoms with Crippen LogP contribution in [0.4, 0.5) is 0 Å². The van der Waals surface area contributed by atoms with Gasteiger partial charge in [0, 0.05) is 23.0 Å². The minimum absolute atomic E-state index is 0.0292. The third-order valence-electron chi connectivity index (χ3n) is 3.53. The van der Waals surface area contributed by atoms with Crippen LogP contribution < -0.4 is 5.56 Å². The van der Waals surface area contributed by atoms with Crippen LogP contribution in [0, 0.1) is 0 Å². The van der Waals surface area contributed by atoms with E-state index in [2.05, 4.69) is 34.1 Å². The third kappa shape index (κ3) is 2.41. The summed E-state index contributed by atoms with van der Waals surface area (Å²) in [7, 11) is 1.81. The number of pyridine rings is 1. The Labute approximate surface area is 125 Å². The van der Waals surface area contributed by atoms with Crippen molar-refractivity contribution < 1.29 is 0 Å². The number of aromatic nitrogens is 1. The van der Waals surface area contributed by atoms with E-state index in [1.165, 1.54) is 5.56 Å². The van der Waals surface area contributed by atoms with Gasteiger partial charge in [0.15, 0.2) is 0 Å². The van der Waals surface area contributed by atoms with E-state index < -0.39 is 0 Å². The predicted octanol–water partition coefficient (Wildman–Crippen LogP) is 3.89. The molecule has 0 spiro atoms. The quantitative estimate of drug-likeness (QED) is 0.699. The normalized spacial score (nSPS) is 10.9.